The Morgan fingerprint density at radius 1 is 1.16 bits per heavy atom. The minimum atomic E-state index is -1.90. The number of hydrogen-bond donors (Lipinski definition) is 1. The Morgan fingerprint density at radius 3 is 2.53 bits per heavy atom. The highest BCUT2D eigenvalue weighted by molar-refractivity contribution is 7.71. The average molecular weight is 453 g/mol. The summed E-state index contributed by atoms with van der Waals surface area (Å²) in [6, 6.07) is 10.9. The zero-order chi connectivity index (χ0) is 22.9. The molecule has 8 nitrogen and oxygen atoms in total. The molecular weight excluding hydrogens is 436 g/mol. The smallest absolute Gasteiger partial charge is 0.202 e. The van der Waals surface area contributed by atoms with Gasteiger partial charge in [0.2, 0.25) is 4.77 Å². The molecule has 0 fully saturated rings. The van der Waals surface area contributed by atoms with Crippen LogP contribution in [0.2, 0.25) is 0 Å². The Labute approximate surface area is 186 Å². The molecule has 0 saturated carbocycles. The van der Waals surface area contributed by atoms with Crippen molar-refractivity contribution < 1.29 is 13.9 Å². The maximum atomic E-state index is 14.8. The Morgan fingerprint density at radius 2 is 1.91 bits per heavy atom. The van der Waals surface area contributed by atoms with E-state index in [0.717, 1.165) is 6.07 Å². The Balaban J connectivity index is 1.79. The summed E-state index contributed by atoms with van der Waals surface area (Å²) in [4.78, 5) is 3.86. The van der Waals surface area contributed by atoms with Crippen molar-refractivity contribution in [3.05, 3.63) is 89.0 Å². The van der Waals surface area contributed by atoms with Crippen molar-refractivity contribution in [3.63, 3.8) is 0 Å². The summed E-state index contributed by atoms with van der Waals surface area (Å²) in [5, 5.41) is 29.0. The van der Waals surface area contributed by atoms with Crippen LogP contribution in [0.15, 0.2) is 61.4 Å². The summed E-state index contributed by atoms with van der Waals surface area (Å²) in [6.07, 6.45) is 4.14. The predicted octanol–water partition coefficient (Wildman–Crippen LogP) is 3.29. The van der Waals surface area contributed by atoms with E-state index in [2.05, 4.69) is 15.2 Å². The van der Waals surface area contributed by atoms with E-state index in [1.165, 1.54) is 34.4 Å². The third-order valence-corrected chi connectivity index (χ3v) is 5.68. The zero-order valence-corrected chi connectivity index (χ0v) is 17.6. The summed E-state index contributed by atoms with van der Waals surface area (Å²) in [5.41, 5.74) is -0.861. The van der Waals surface area contributed by atoms with Gasteiger partial charge in [0.15, 0.2) is 0 Å². The highest BCUT2D eigenvalue weighted by atomic mass is 32.1. The van der Waals surface area contributed by atoms with Crippen LogP contribution in [0.1, 0.15) is 24.1 Å². The molecule has 0 radical (unpaired) electrons. The molecule has 4 aromatic rings. The predicted molar refractivity (Wildman–Crippen MR) is 112 cm³/mol. The second kappa shape index (κ2) is 8.41. The number of aromatic nitrogens is 6. The summed E-state index contributed by atoms with van der Waals surface area (Å²) in [7, 11) is 0. The Hall–Kier alpha value is -3.75. The van der Waals surface area contributed by atoms with E-state index >= 15 is 0 Å². The Kier molecular flexibility index (Phi) is 5.65. The van der Waals surface area contributed by atoms with Gasteiger partial charge in [-0.15, -0.1) is 0 Å². The number of aliphatic hydroxyl groups is 1. The molecule has 0 saturated heterocycles. The number of nitriles is 1. The topological polar surface area (TPSA) is 97.5 Å². The molecule has 0 aliphatic carbocycles. The van der Waals surface area contributed by atoms with Crippen LogP contribution in [0, 0.1) is 27.7 Å². The first-order valence-corrected chi connectivity index (χ1v) is 9.91. The fourth-order valence-corrected chi connectivity index (χ4v) is 3.86. The van der Waals surface area contributed by atoms with Gasteiger partial charge in [0, 0.05) is 17.3 Å². The van der Waals surface area contributed by atoms with Crippen LogP contribution in [0.25, 0.3) is 5.69 Å². The van der Waals surface area contributed by atoms with Gasteiger partial charge in [0.25, 0.3) is 0 Å². The van der Waals surface area contributed by atoms with E-state index in [1.54, 1.807) is 35.8 Å². The molecule has 0 bridgehead atoms. The lowest BCUT2D eigenvalue weighted by atomic mass is 9.86. The maximum Gasteiger partial charge on any atom is 0.202 e. The van der Waals surface area contributed by atoms with Crippen molar-refractivity contribution in [2.45, 2.75) is 25.1 Å². The molecule has 0 spiro atoms. The van der Waals surface area contributed by atoms with Gasteiger partial charge in [-0.1, -0.05) is 6.07 Å². The number of rotatable bonds is 6. The minimum Gasteiger partial charge on any atom is -0.381 e. The van der Waals surface area contributed by atoms with Gasteiger partial charge in [-0.2, -0.15) is 15.5 Å². The zero-order valence-electron chi connectivity index (χ0n) is 16.8. The van der Waals surface area contributed by atoms with Gasteiger partial charge >= 0.3 is 0 Å². The molecule has 162 valence electrons. The highest BCUT2D eigenvalue weighted by Gasteiger charge is 2.41. The molecular formula is C21H17F2N7OS. The van der Waals surface area contributed by atoms with Crippen molar-refractivity contribution in [2.75, 3.05) is 0 Å². The minimum absolute atomic E-state index is 0.128. The van der Waals surface area contributed by atoms with E-state index < -0.39 is 23.3 Å². The molecule has 2 aromatic carbocycles. The third kappa shape index (κ3) is 3.81. The average Bonchev–Trinajstić information content (AvgIpc) is 3.42. The number of hydrogen-bond acceptors (Lipinski definition) is 6. The number of halogens is 2. The van der Waals surface area contributed by atoms with Gasteiger partial charge < -0.3 is 5.11 Å². The second-order valence-corrected chi connectivity index (χ2v) is 7.57. The SMILES string of the molecule is C[C@@H](n1ncn(-c2ccc(C#N)cc2)c1=S)[C@](O)(Cn1cncn1)c1ccc(F)cc1F. The van der Waals surface area contributed by atoms with Gasteiger partial charge in [-0.05, 0) is 49.5 Å². The largest absolute Gasteiger partial charge is 0.381 e. The molecule has 0 amide bonds. The van der Waals surface area contributed by atoms with E-state index in [4.69, 9.17) is 17.5 Å². The van der Waals surface area contributed by atoms with Gasteiger partial charge in [-0.25, -0.2) is 23.1 Å². The van der Waals surface area contributed by atoms with Crippen molar-refractivity contribution in [2.24, 2.45) is 0 Å². The summed E-state index contributed by atoms with van der Waals surface area (Å²) in [6.45, 7) is 1.45. The van der Waals surface area contributed by atoms with Crippen LogP contribution in [-0.2, 0) is 12.1 Å². The maximum absolute atomic E-state index is 14.8. The van der Waals surface area contributed by atoms with Crippen molar-refractivity contribution >= 4 is 12.2 Å². The molecule has 0 aliphatic heterocycles. The van der Waals surface area contributed by atoms with Gasteiger partial charge in [0.05, 0.1) is 24.2 Å². The van der Waals surface area contributed by atoms with Crippen LogP contribution in [-0.4, -0.2) is 34.2 Å². The quantitative estimate of drug-likeness (QED) is 0.450. The van der Waals surface area contributed by atoms with Crippen LogP contribution in [0.5, 0.6) is 0 Å². The molecule has 1 N–H and O–H groups in total. The first kappa shape index (κ1) is 21.5. The van der Waals surface area contributed by atoms with Crippen molar-refractivity contribution in [1.82, 2.24) is 29.1 Å². The Bertz CT molecular complexity index is 1340. The van der Waals surface area contributed by atoms with Crippen molar-refractivity contribution in [1.29, 1.82) is 5.26 Å². The first-order valence-electron chi connectivity index (χ1n) is 9.50. The lowest BCUT2D eigenvalue weighted by Gasteiger charge is -2.34. The van der Waals surface area contributed by atoms with E-state index in [-0.39, 0.29) is 16.9 Å². The summed E-state index contributed by atoms with van der Waals surface area (Å²) >= 11 is 5.56. The molecule has 0 aliphatic rings. The molecule has 11 heteroatoms. The lowest BCUT2D eigenvalue weighted by Crippen LogP contribution is -2.41. The first-order chi connectivity index (χ1) is 15.3. The standard InChI is InChI=1S/C21H17F2N7OS/c1-14(30-20(32)29(13-27-30)17-5-2-15(9-24)3-6-17)21(31,10-28-12-25-11-26-28)18-7-4-16(22)8-19(18)23/h2-8,11-14,31H,10H2,1H3/t14-,21-/m1/s1. The van der Waals surface area contributed by atoms with Crippen LogP contribution >= 0.6 is 12.2 Å². The number of nitrogens with zero attached hydrogens (tertiary/aromatic N) is 7. The summed E-state index contributed by atoms with van der Waals surface area (Å²) < 4.78 is 32.9. The third-order valence-electron chi connectivity index (χ3n) is 5.29. The van der Waals surface area contributed by atoms with Crippen LogP contribution < -0.4 is 0 Å². The molecule has 0 unspecified atom stereocenters. The van der Waals surface area contributed by atoms with Gasteiger partial charge in [-0.3, -0.25) is 4.57 Å². The fraction of sp³-hybridized carbons (Fsp3) is 0.190. The van der Waals surface area contributed by atoms with Crippen molar-refractivity contribution in [3.8, 4) is 11.8 Å². The molecule has 32 heavy (non-hydrogen) atoms. The van der Waals surface area contributed by atoms with Crippen LogP contribution in [0.4, 0.5) is 8.78 Å². The highest BCUT2D eigenvalue weighted by Crippen LogP contribution is 2.36. The molecule has 2 atom stereocenters. The fourth-order valence-electron chi connectivity index (χ4n) is 3.50. The molecule has 2 heterocycles. The molecule has 4 rings (SSSR count). The molecule has 2 aromatic heterocycles. The normalized spacial score (nSPS) is 14.0. The van der Waals surface area contributed by atoms with Gasteiger partial charge in [0.1, 0.15) is 36.2 Å². The van der Waals surface area contributed by atoms with E-state index in [1.807, 2.05) is 6.07 Å². The van der Waals surface area contributed by atoms with Crippen LogP contribution in [0.3, 0.4) is 0 Å². The summed E-state index contributed by atoms with van der Waals surface area (Å²) in [5.74, 6) is -1.67. The number of benzene rings is 2. The van der Waals surface area contributed by atoms with E-state index in [0.29, 0.717) is 17.3 Å². The van der Waals surface area contributed by atoms with E-state index in [9.17, 15) is 13.9 Å². The monoisotopic (exact) mass is 453 g/mol. The second-order valence-electron chi connectivity index (χ2n) is 7.20. The lowest BCUT2D eigenvalue weighted by molar-refractivity contribution is -0.0375.